The number of carbonyl (C=O) groups excluding carboxylic acids is 3. The van der Waals surface area contributed by atoms with Crippen LogP contribution >= 0.6 is 11.3 Å². The lowest BCUT2D eigenvalue weighted by Gasteiger charge is -2.28. The molecule has 0 radical (unpaired) electrons. The molecule has 3 amide bonds. The van der Waals surface area contributed by atoms with E-state index in [9.17, 15) is 14.4 Å². The topological polar surface area (TPSA) is 102 Å². The maximum absolute atomic E-state index is 12.9. The Bertz CT molecular complexity index is 913. The van der Waals surface area contributed by atoms with Crippen molar-refractivity contribution in [2.45, 2.75) is 18.7 Å². The first kappa shape index (κ1) is 17.5. The van der Waals surface area contributed by atoms with E-state index in [1.165, 1.54) is 17.1 Å². The van der Waals surface area contributed by atoms with E-state index in [2.05, 4.69) is 0 Å². The standard InChI is InChI=1S/C18H17N3O5S/c1-25-17(23)14-15-11(7-13(27-15)16(19)22)12-8-20(14)18(24)21(12)26-9-10-5-3-2-4-6-10/h2-7,12,14H,8-9H2,1H3,(H2,19,22)/t12-,14?/m1/s1. The highest BCUT2D eigenvalue weighted by Crippen LogP contribution is 2.47. The lowest BCUT2D eigenvalue weighted by Crippen LogP contribution is -2.38. The lowest BCUT2D eigenvalue weighted by molar-refractivity contribution is -0.146. The number of primary amides is 1. The number of hydroxylamine groups is 2. The van der Waals surface area contributed by atoms with E-state index in [1.54, 1.807) is 6.07 Å². The van der Waals surface area contributed by atoms with Gasteiger partial charge in [0.2, 0.25) is 0 Å². The molecule has 2 aliphatic rings. The first-order valence-electron chi connectivity index (χ1n) is 8.29. The van der Waals surface area contributed by atoms with Crippen molar-refractivity contribution in [2.75, 3.05) is 13.7 Å². The molecule has 0 spiro atoms. The summed E-state index contributed by atoms with van der Waals surface area (Å²) >= 11 is 1.11. The summed E-state index contributed by atoms with van der Waals surface area (Å²) in [5.74, 6) is -1.14. The number of carbonyl (C=O) groups is 3. The number of fused-ring (bicyclic) bond motifs is 4. The summed E-state index contributed by atoms with van der Waals surface area (Å²) in [7, 11) is 1.26. The molecule has 4 rings (SSSR count). The zero-order valence-corrected chi connectivity index (χ0v) is 15.3. The van der Waals surface area contributed by atoms with Gasteiger partial charge in [0.15, 0.2) is 6.04 Å². The van der Waals surface area contributed by atoms with Crippen molar-refractivity contribution < 1.29 is 24.0 Å². The number of hydrogen-bond donors (Lipinski definition) is 1. The Morgan fingerprint density at radius 3 is 2.70 bits per heavy atom. The number of thiophene rings is 1. The quantitative estimate of drug-likeness (QED) is 0.791. The molecule has 1 unspecified atom stereocenters. The minimum absolute atomic E-state index is 0.210. The largest absolute Gasteiger partial charge is 0.467 e. The average Bonchev–Trinajstić information content (AvgIpc) is 3.23. The van der Waals surface area contributed by atoms with Gasteiger partial charge in [-0.25, -0.2) is 9.59 Å². The fourth-order valence-electron chi connectivity index (χ4n) is 3.40. The molecule has 0 saturated carbocycles. The fourth-order valence-corrected chi connectivity index (χ4v) is 4.58. The third-order valence-electron chi connectivity index (χ3n) is 4.68. The number of hydrogen-bond acceptors (Lipinski definition) is 6. The molecule has 2 bridgehead atoms. The van der Waals surface area contributed by atoms with Crippen LogP contribution in [-0.2, 0) is 21.0 Å². The molecule has 2 atom stereocenters. The fraction of sp³-hybridized carbons (Fsp3) is 0.278. The molecule has 27 heavy (non-hydrogen) atoms. The van der Waals surface area contributed by atoms with Crippen molar-refractivity contribution in [3.63, 3.8) is 0 Å². The van der Waals surface area contributed by atoms with Crippen molar-refractivity contribution in [1.82, 2.24) is 9.96 Å². The van der Waals surface area contributed by atoms with Gasteiger partial charge in [-0.05, 0) is 17.2 Å². The van der Waals surface area contributed by atoms with Gasteiger partial charge in [0, 0.05) is 4.88 Å². The zero-order valence-electron chi connectivity index (χ0n) is 14.5. The predicted molar refractivity (Wildman–Crippen MR) is 95.5 cm³/mol. The number of urea groups is 1. The molecule has 140 valence electrons. The van der Waals surface area contributed by atoms with Crippen molar-refractivity contribution in [3.05, 3.63) is 57.3 Å². The maximum atomic E-state index is 12.9. The number of rotatable bonds is 5. The molecule has 2 N–H and O–H groups in total. The molecule has 1 aromatic heterocycles. The first-order valence-corrected chi connectivity index (χ1v) is 9.11. The second kappa shape index (κ2) is 6.67. The van der Waals surface area contributed by atoms with Gasteiger partial charge < -0.3 is 15.4 Å². The van der Waals surface area contributed by atoms with Crippen molar-refractivity contribution >= 4 is 29.2 Å². The molecule has 1 saturated heterocycles. The monoisotopic (exact) mass is 387 g/mol. The lowest BCUT2D eigenvalue weighted by atomic mass is 9.99. The summed E-state index contributed by atoms with van der Waals surface area (Å²) in [4.78, 5) is 44.9. The van der Waals surface area contributed by atoms with Crippen LogP contribution < -0.4 is 5.73 Å². The number of benzene rings is 1. The van der Waals surface area contributed by atoms with E-state index >= 15 is 0 Å². The van der Waals surface area contributed by atoms with Crippen LogP contribution in [0, 0.1) is 0 Å². The van der Waals surface area contributed by atoms with Crippen molar-refractivity contribution in [1.29, 1.82) is 0 Å². The van der Waals surface area contributed by atoms with Crippen LogP contribution in [0.2, 0.25) is 0 Å². The summed E-state index contributed by atoms with van der Waals surface area (Å²) in [5.41, 5.74) is 7.01. The number of esters is 1. The number of amides is 3. The van der Waals surface area contributed by atoms with Gasteiger partial charge in [-0.1, -0.05) is 30.3 Å². The third-order valence-corrected chi connectivity index (χ3v) is 5.90. The molecule has 1 aromatic carbocycles. The Labute approximate surface area is 159 Å². The third kappa shape index (κ3) is 2.84. The number of ether oxygens (including phenoxy) is 1. The Morgan fingerprint density at radius 1 is 1.30 bits per heavy atom. The summed E-state index contributed by atoms with van der Waals surface area (Å²) in [6, 6.07) is 9.36. The number of nitrogens with zero attached hydrogens (tertiary/aromatic N) is 2. The molecule has 1 fully saturated rings. The Balaban J connectivity index is 1.68. The second-order valence-electron chi connectivity index (χ2n) is 6.26. The van der Waals surface area contributed by atoms with E-state index < -0.39 is 30.0 Å². The minimum Gasteiger partial charge on any atom is -0.467 e. The van der Waals surface area contributed by atoms with Crippen LogP contribution in [0.3, 0.4) is 0 Å². The van der Waals surface area contributed by atoms with E-state index in [0.717, 1.165) is 16.9 Å². The van der Waals surface area contributed by atoms with Crippen LogP contribution in [0.4, 0.5) is 4.79 Å². The van der Waals surface area contributed by atoms with Gasteiger partial charge in [0.05, 0.1) is 18.5 Å². The van der Waals surface area contributed by atoms with E-state index in [0.29, 0.717) is 15.3 Å². The Hall–Kier alpha value is -2.91. The van der Waals surface area contributed by atoms with Crippen LogP contribution in [0.15, 0.2) is 36.4 Å². The van der Waals surface area contributed by atoms with Gasteiger partial charge in [-0.3, -0.25) is 9.63 Å². The number of nitrogens with two attached hydrogens (primary N) is 1. The van der Waals surface area contributed by atoms with Gasteiger partial charge in [-0.2, -0.15) is 5.06 Å². The van der Waals surface area contributed by atoms with Crippen LogP contribution in [0.25, 0.3) is 0 Å². The first-order chi connectivity index (χ1) is 13.0. The summed E-state index contributed by atoms with van der Waals surface area (Å²) in [6.07, 6.45) is 0. The van der Waals surface area contributed by atoms with Gasteiger partial charge in [0.1, 0.15) is 12.6 Å². The van der Waals surface area contributed by atoms with E-state index in [-0.39, 0.29) is 13.2 Å². The van der Waals surface area contributed by atoms with E-state index in [1.807, 2.05) is 30.3 Å². The second-order valence-corrected chi connectivity index (χ2v) is 7.34. The SMILES string of the molecule is COC(=O)C1c2sc(C(N)=O)cc2[C@H]2CN1C(=O)N2OCc1ccccc1. The number of methoxy groups -OCH3 is 1. The smallest absolute Gasteiger partial charge is 0.345 e. The molecular weight excluding hydrogens is 370 g/mol. The van der Waals surface area contributed by atoms with Crippen LogP contribution in [-0.4, -0.2) is 41.5 Å². The Kier molecular flexibility index (Phi) is 4.33. The summed E-state index contributed by atoms with van der Waals surface area (Å²) < 4.78 is 4.88. The van der Waals surface area contributed by atoms with Crippen molar-refractivity contribution in [3.8, 4) is 0 Å². The molecule has 3 heterocycles. The van der Waals surface area contributed by atoms with E-state index in [4.69, 9.17) is 15.3 Å². The highest BCUT2D eigenvalue weighted by Gasteiger charge is 2.52. The molecule has 2 aromatic rings. The normalized spacial score (nSPS) is 20.6. The van der Waals surface area contributed by atoms with Gasteiger partial charge in [0.25, 0.3) is 5.91 Å². The van der Waals surface area contributed by atoms with Crippen molar-refractivity contribution in [2.24, 2.45) is 5.73 Å². The van der Waals surface area contributed by atoms with Gasteiger partial charge in [-0.15, -0.1) is 11.3 Å². The molecule has 0 aliphatic carbocycles. The highest BCUT2D eigenvalue weighted by molar-refractivity contribution is 7.14. The Morgan fingerprint density at radius 2 is 2.04 bits per heavy atom. The maximum Gasteiger partial charge on any atom is 0.345 e. The molecule has 2 aliphatic heterocycles. The minimum atomic E-state index is -0.905. The summed E-state index contributed by atoms with van der Waals surface area (Å²) in [5, 5.41) is 1.27. The highest BCUT2D eigenvalue weighted by atomic mass is 32.1. The average molecular weight is 387 g/mol. The van der Waals surface area contributed by atoms with Crippen LogP contribution in [0.5, 0.6) is 0 Å². The predicted octanol–water partition coefficient (Wildman–Crippen LogP) is 1.99. The summed E-state index contributed by atoms with van der Waals surface area (Å²) in [6.45, 7) is 0.483. The van der Waals surface area contributed by atoms with Crippen LogP contribution in [0.1, 0.15) is 37.8 Å². The zero-order chi connectivity index (χ0) is 19.1. The molecule has 8 nitrogen and oxygen atoms in total. The molecule has 9 heteroatoms. The molecular formula is C18H17N3O5S. The van der Waals surface area contributed by atoms with Gasteiger partial charge >= 0.3 is 12.0 Å².